The van der Waals surface area contributed by atoms with Gasteiger partial charge in [-0.05, 0) is 24.6 Å². The van der Waals surface area contributed by atoms with Crippen LogP contribution in [0, 0.1) is 0 Å². The fraction of sp³-hybridized carbons (Fsp3) is 0.294. The molecule has 0 saturated carbocycles. The zero-order valence-corrected chi connectivity index (χ0v) is 14.6. The summed E-state index contributed by atoms with van der Waals surface area (Å²) >= 11 is 1.57. The monoisotopic (exact) mass is 345 g/mol. The minimum Gasteiger partial charge on any atom is -0.493 e. The molecule has 0 bridgehead atoms. The van der Waals surface area contributed by atoms with E-state index in [1.165, 1.54) is 0 Å². The van der Waals surface area contributed by atoms with Crippen LogP contribution in [0.5, 0.6) is 11.5 Å². The van der Waals surface area contributed by atoms with E-state index in [0.717, 1.165) is 16.2 Å². The Morgan fingerprint density at radius 2 is 2.12 bits per heavy atom. The Morgan fingerprint density at radius 1 is 1.33 bits per heavy atom. The van der Waals surface area contributed by atoms with Crippen molar-refractivity contribution in [2.45, 2.75) is 19.4 Å². The molecule has 126 valence electrons. The molecular formula is C17H19N3O3S. The Morgan fingerprint density at radius 3 is 2.83 bits per heavy atom. The number of aromatic nitrogens is 2. The van der Waals surface area contributed by atoms with E-state index in [0.29, 0.717) is 18.0 Å². The number of carbonyl (C=O) groups excluding carboxylic acids is 1. The smallest absolute Gasteiger partial charge is 0.227 e. The average molecular weight is 345 g/mol. The van der Waals surface area contributed by atoms with E-state index >= 15 is 0 Å². The Balaban J connectivity index is 1.66. The summed E-state index contributed by atoms with van der Waals surface area (Å²) in [7, 11) is 3.17. The predicted octanol–water partition coefficient (Wildman–Crippen LogP) is 2.83. The van der Waals surface area contributed by atoms with Gasteiger partial charge in [0.25, 0.3) is 0 Å². The molecule has 7 heteroatoms. The molecule has 1 N–H and O–H groups in total. The van der Waals surface area contributed by atoms with Crippen LogP contribution in [-0.4, -0.2) is 29.5 Å². The quantitative estimate of drug-likeness (QED) is 0.746. The summed E-state index contributed by atoms with van der Waals surface area (Å²) in [4.78, 5) is 17.8. The van der Waals surface area contributed by atoms with Gasteiger partial charge < -0.3 is 14.8 Å². The Labute approximate surface area is 144 Å². The van der Waals surface area contributed by atoms with E-state index < -0.39 is 0 Å². The first-order valence-corrected chi connectivity index (χ1v) is 8.41. The van der Waals surface area contributed by atoms with Gasteiger partial charge in [0.15, 0.2) is 16.5 Å². The molecule has 0 radical (unpaired) electrons. The maximum Gasteiger partial charge on any atom is 0.227 e. The van der Waals surface area contributed by atoms with Crippen molar-refractivity contribution in [2.24, 2.45) is 0 Å². The van der Waals surface area contributed by atoms with Crippen LogP contribution in [0.1, 0.15) is 24.1 Å². The van der Waals surface area contributed by atoms with E-state index in [9.17, 15) is 4.79 Å². The molecule has 3 aromatic rings. The number of nitrogens with zero attached hydrogens (tertiary/aromatic N) is 2. The Kier molecular flexibility index (Phi) is 4.71. The van der Waals surface area contributed by atoms with Gasteiger partial charge in [0, 0.05) is 17.8 Å². The normalized spacial score (nSPS) is 12.1. The number of rotatable bonds is 6. The zero-order valence-electron chi connectivity index (χ0n) is 13.8. The van der Waals surface area contributed by atoms with Gasteiger partial charge in [-0.15, -0.1) is 11.3 Å². The van der Waals surface area contributed by atoms with E-state index in [4.69, 9.17) is 9.47 Å². The number of hydrogen-bond acceptors (Lipinski definition) is 5. The maximum absolute atomic E-state index is 12.4. The molecule has 0 saturated heterocycles. The first kappa shape index (κ1) is 16.3. The van der Waals surface area contributed by atoms with Gasteiger partial charge in [0.05, 0.1) is 32.4 Å². The molecule has 1 atom stereocenters. The van der Waals surface area contributed by atoms with Crippen molar-refractivity contribution in [3.05, 3.63) is 47.2 Å². The molecule has 1 aromatic carbocycles. The van der Waals surface area contributed by atoms with Crippen molar-refractivity contribution in [3.8, 4) is 11.5 Å². The van der Waals surface area contributed by atoms with Gasteiger partial charge in [-0.1, -0.05) is 6.07 Å². The van der Waals surface area contributed by atoms with Gasteiger partial charge in [0.1, 0.15) is 0 Å². The van der Waals surface area contributed by atoms with E-state index in [1.54, 1.807) is 31.6 Å². The SMILES string of the molecule is COc1ccc([C@H](C)C(=O)NCc2cn3ccsc3n2)cc1OC. The molecule has 0 aliphatic heterocycles. The van der Waals surface area contributed by atoms with Crippen LogP contribution in [0.25, 0.3) is 4.96 Å². The summed E-state index contributed by atoms with van der Waals surface area (Å²) in [6, 6.07) is 5.51. The lowest BCUT2D eigenvalue weighted by molar-refractivity contribution is -0.122. The van der Waals surface area contributed by atoms with Crippen molar-refractivity contribution in [1.82, 2.24) is 14.7 Å². The molecule has 1 amide bonds. The average Bonchev–Trinajstić information content (AvgIpc) is 3.19. The highest BCUT2D eigenvalue weighted by molar-refractivity contribution is 7.15. The minimum atomic E-state index is -0.298. The third-order valence-corrected chi connectivity index (χ3v) is 4.66. The van der Waals surface area contributed by atoms with Crippen molar-refractivity contribution in [2.75, 3.05) is 14.2 Å². The molecule has 2 aromatic heterocycles. The number of thiazole rings is 1. The molecule has 0 unspecified atom stereocenters. The zero-order chi connectivity index (χ0) is 17.1. The third kappa shape index (κ3) is 3.21. The molecular weight excluding hydrogens is 326 g/mol. The van der Waals surface area contributed by atoms with Gasteiger partial charge in [0.2, 0.25) is 5.91 Å². The standard InChI is InChI=1S/C17H19N3O3S/c1-11(12-4-5-14(22-2)15(8-12)23-3)16(21)18-9-13-10-20-6-7-24-17(20)19-13/h4-8,10-11H,9H2,1-3H3,(H,18,21)/t11-/m0/s1. The number of imidazole rings is 1. The van der Waals surface area contributed by atoms with Crippen LogP contribution in [0.2, 0.25) is 0 Å². The maximum atomic E-state index is 12.4. The number of fused-ring (bicyclic) bond motifs is 1. The number of hydrogen-bond donors (Lipinski definition) is 1. The minimum absolute atomic E-state index is 0.0569. The fourth-order valence-corrected chi connectivity index (χ4v) is 3.18. The molecule has 0 aliphatic carbocycles. The molecule has 0 spiro atoms. The van der Waals surface area contributed by atoms with Crippen molar-refractivity contribution < 1.29 is 14.3 Å². The lowest BCUT2D eigenvalue weighted by Crippen LogP contribution is -2.27. The second kappa shape index (κ2) is 6.92. The van der Waals surface area contributed by atoms with Crippen LogP contribution in [0.3, 0.4) is 0 Å². The van der Waals surface area contributed by atoms with Gasteiger partial charge in [-0.2, -0.15) is 0 Å². The number of carbonyl (C=O) groups is 1. The summed E-state index contributed by atoms with van der Waals surface area (Å²) in [5.74, 6) is 0.906. The second-order valence-corrected chi connectivity index (χ2v) is 6.25. The number of methoxy groups -OCH3 is 2. The number of benzene rings is 1. The van der Waals surface area contributed by atoms with E-state index in [2.05, 4.69) is 10.3 Å². The topological polar surface area (TPSA) is 64.9 Å². The molecule has 2 heterocycles. The van der Waals surface area contributed by atoms with Crippen LogP contribution < -0.4 is 14.8 Å². The van der Waals surface area contributed by atoms with E-state index in [1.807, 2.05) is 41.2 Å². The number of ether oxygens (including phenoxy) is 2. The van der Waals surface area contributed by atoms with Gasteiger partial charge >= 0.3 is 0 Å². The highest BCUT2D eigenvalue weighted by Gasteiger charge is 2.17. The largest absolute Gasteiger partial charge is 0.493 e. The lowest BCUT2D eigenvalue weighted by Gasteiger charge is -2.14. The van der Waals surface area contributed by atoms with Gasteiger partial charge in [-0.25, -0.2) is 4.98 Å². The molecule has 0 fully saturated rings. The number of nitrogens with one attached hydrogen (secondary N) is 1. The first-order chi connectivity index (χ1) is 11.6. The van der Waals surface area contributed by atoms with Crippen molar-refractivity contribution >= 4 is 22.2 Å². The van der Waals surface area contributed by atoms with Crippen LogP contribution in [0.4, 0.5) is 0 Å². The summed E-state index contributed by atoms with van der Waals surface area (Å²) in [5, 5.41) is 4.91. The van der Waals surface area contributed by atoms with Crippen molar-refractivity contribution in [3.63, 3.8) is 0 Å². The predicted molar refractivity (Wildman–Crippen MR) is 92.9 cm³/mol. The summed E-state index contributed by atoms with van der Waals surface area (Å²) in [6.07, 6.45) is 3.87. The van der Waals surface area contributed by atoms with E-state index in [-0.39, 0.29) is 11.8 Å². The Bertz CT molecular complexity index is 827. The second-order valence-electron chi connectivity index (χ2n) is 5.38. The van der Waals surface area contributed by atoms with Gasteiger partial charge in [-0.3, -0.25) is 9.20 Å². The summed E-state index contributed by atoms with van der Waals surface area (Å²) in [6.45, 7) is 2.27. The van der Waals surface area contributed by atoms with Crippen LogP contribution in [0.15, 0.2) is 36.0 Å². The molecule has 6 nitrogen and oxygen atoms in total. The molecule has 3 rings (SSSR count). The Hall–Kier alpha value is -2.54. The summed E-state index contributed by atoms with van der Waals surface area (Å²) in [5.41, 5.74) is 1.71. The fourth-order valence-electron chi connectivity index (χ4n) is 2.47. The highest BCUT2D eigenvalue weighted by Crippen LogP contribution is 2.30. The van der Waals surface area contributed by atoms with Crippen molar-refractivity contribution in [1.29, 1.82) is 0 Å². The van der Waals surface area contributed by atoms with Crippen LogP contribution >= 0.6 is 11.3 Å². The lowest BCUT2D eigenvalue weighted by atomic mass is 10.00. The highest BCUT2D eigenvalue weighted by atomic mass is 32.1. The van der Waals surface area contributed by atoms with Crippen LogP contribution in [-0.2, 0) is 11.3 Å². The first-order valence-electron chi connectivity index (χ1n) is 7.53. The number of amides is 1. The third-order valence-electron chi connectivity index (χ3n) is 3.89. The molecule has 24 heavy (non-hydrogen) atoms. The summed E-state index contributed by atoms with van der Waals surface area (Å²) < 4.78 is 12.5. The molecule has 0 aliphatic rings.